The Labute approximate surface area is 209 Å². The zero-order chi connectivity index (χ0) is 24.5. The van der Waals surface area contributed by atoms with Crippen LogP contribution >= 0.6 is 11.6 Å². The molecule has 5 rings (SSSR count). The normalized spacial score (nSPS) is 19.6. The first-order chi connectivity index (χ1) is 16.9. The molecule has 2 aliphatic heterocycles. The number of fused-ring (bicyclic) bond motifs is 1. The van der Waals surface area contributed by atoms with Gasteiger partial charge in [-0.2, -0.15) is 9.78 Å². The Morgan fingerprint density at radius 3 is 2.46 bits per heavy atom. The third-order valence-electron chi connectivity index (χ3n) is 6.81. The molecule has 3 aromatic rings. The average molecular weight is 494 g/mol. The minimum Gasteiger partial charge on any atom is -0.457 e. The van der Waals surface area contributed by atoms with Crippen LogP contribution in [0.1, 0.15) is 12.5 Å². The summed E-state index contributed by atoms with van der Waals surface area (Å²) in [5.74, 6) is 2.35. The Bertz CT molecular complexity index is 1210. The van der Waals surface area contributed by atoms with Crippen LogP contribution in [-0.2, 0) is 11.3 Å². The van der Waals surface area contributed by atoms with E-state index in [0.717, 1.165) is 44.2 Å². The molecule has 0 spiro atoms. The van der Waals surface area contributed by atoms with E-state index in [2.05, 4.69) is 22.1 Å². The number of anilines is 1. The van der Waals surface area contributed by atoms with Crippen molar-refractivity contribution in [1.82, 2.24) is 19.6 Å². The molecule has 2 aliphatic rings. The van der Waals surface area contributed by atoms with Crippen LogP contribution in [0.4, 0.5) is 10.5 Å². The highest BCUT2D eigenvalue weighted by molar-refractivity contribution is 6.30. The van der Waals surface area contributed by atoms with Crippen LogP contribution in [0.15, 0.2) is 60.9 Å². The monoisotopic (exact) mass is 493 g/mol. The standard InChI is InChI=1S/C26H28ClN5O3/c1-18(33)29(2)23-11-28-32(17-23)26(34)31-15-20-13-30(14-21(20)16-31)12-19-4-3-5-25(10-19)35-24-8-6-22(27)7-9-24/h3-11,17,20-21H,12-16H2,1-2H3. The maximum atomic E-state index is 13.0. The Morgan fingerprint density at radius 1 is 1.06 bits per heavy atom. The van der Waals surface area contributed by atoms with E-state index in [1.54, 1.807) is 19.4 Å². The highest BCUT2D eigenvalue weighted by atomic mass is 35.5. The molecule has 2 saturated heterocycles. The molecular formula is C26H28ClN5O3. The average Bonchev–Trinajstić information content (AvgIpc) is 3.55. The van der Waals surface area contributed by atoms with Gasteiger partial charge in [-0.25, -0.2) is 4.79 Å². The van der Waals surface area contributed by atoms with E-state index in [1.165, 1.54) is 22.1 Å². The van der Waals surface area contributed by atoms with Gasteiger partial charge < -0.3 is 14.5 Å². The Hall–Kier alpha value is -3.36. The van der Waals surface area contributed by atoms with Crippen molar-refractivity contribution >= 4 is 29.2 Å². The number of aromatic nitrogens is 2. The fourth-order valence-electron chi connectivity index (χ4n) is 4.90. The molecule has 2 aromatic carbocycles. The van der Waals surface area contributed by atoms with Crippen molar-refractivity contribution in [3.8, 4) is 11.5 Å². The lowest BCUT2D eigenvalue weighted by Crippen LogP contribution is -2.36. The summed E-state index contributed by atoms with van der Waals surface area (Å²) in [6, 6.07) is 15.4. The SMILES string of the molecule is CC(=O)N(C)c1cnn(C(=O)N2CC3CN(Cc4cccc(Oc5ccc(Cl)cc5)c4)CC3C2)c1. The van der Waals surface area contributed by atoms with Gasteiger partial charge in [0.25, 0.3) is 0 Å². The van der Waals surface area contributed by atoms with Crippen molar-refractivity contribution in [1.29, 1.82) is 0 Å². The van der Waals surface area contributed by atoms with E-state index in [0.29, 0.717) is 22.5 Å². The van der Waals surface area contributed by atoms with Gasteiger partial charge in [0, 0.05) is 51.7 Å². The third-order valence-corrected chi connectivity index (χ3v) is 7.06. The van der Waals surface area contributed by atoms with E-state index in [1.807, 2.05) is 41.3 Å². The maximum Gasteiger partial charge on any atom is 0.344 e. The summed E-state index contributed by atoms with van der Waals surface area (Å²) in [5, 5.41) is 4.86. The summed E-state index contributed by atoms with van der Waals surface area (Å²) in [5.41, 5.74) is 1.81. The molecule has 0 bridgehead atoms. The summed E-state index contributed by atoms with van der Waals surface area (Å²) >= 11 is 5.96. The molecular weight excluding hydrogens is 466 g/mol. The minimum absolute atomic E-state index is 0.102. The van der Waals surface area contributed by atoms with Gasteiger partial charge in [0.2, 0.25) is 5.91 Å². The van der Waals surface area contributed by atoms with Crippen LogP contribution in [0.2, 0.25) is 5.02 Å². The van der Waals surface area contributed by atoms with Gasteiger partial charge in [0.15, 0.2) is 0 Å². The first-order valence-corrected chi connectivity index (χ1v) is 12.1. The smallest absolute Gasteiger partial charge is 0.344 e. The predicted octanol–water partition coefficient (Wildman–Crippen LogP) is 4.34. The number of rotatable bonds is 5. The molecule has 2 fully saturated rings. The lowest BCUT2D eigenvalue weighted by molar-refractivity contribution is -0.116. The van der Waals surface area contributed by atoms with Crippen molar-refractivity contribution in [3.05, 3.63) is 71.5 Å². The number of carbonyl (C=O) groups is 2. The first kappa shape index (κ1) is 23.4. The number of nitrogens with zero attached hydrogens (tertiary/aromatic N) is 5. The van der Waals surface area contributed by atoms with E-state index < -0.39 is 0 Å². The molecule has 2 unspecified atom stereocenters. The van der Waals surface area contributed by atoms with E-state index in [-0.39, 0.29) is 11.9 Å². The molecule has 0 saturated carbocycles. The number of halogens is 1. The number of ether oxygens (including phenoxy) is 1. The molecule has 0 radical (unpaired) electrons. The summed E-state index contributed by atoms with van der Waals surface area (Å²) < 4.78 is 7.31. The van der Waals surface area contributed by atoms with Crippen molar-refractivity contribution in [2.75, 3.05) is 38.1 Å². The summed E-state index contributed by atoms with van der Waals surface area (Å²) in [6.45, 7) is 5.67. The number of hydrogen-bond donors (Lipinski definition) is 0. The molecule has 0 N–H and O–H groups in total. The zero-order valence-electron chi connectivity index (χ0n) is 19.8. The van der Waals surface area contributed by atoms with Gasteiger partial charge in [0.05, 0.1) is 18.1 Å². The molecule has 1 aromatic heterocycles. The van der Waals surface area contributed by atoms with Gasteiger partial charge in [-0.3, -0.25) is 9.69 Å². The van der Waals surface area contributed by atoms with E-state index in [4.69, 9.17) is 16.3 Å². The van der Waals surface area contributed by atoms with Gasteiger partial charge in [-0.15, -0.1) is 0 Å². The van der Waals surface area contributed by atoms with Gasteiger partial charge in [-0.05, 0) is 53.8 Å². The molecule has 2 atom stereocenters. The third kappa shape index (κ3) is 5.18. The first-order valence-electron chi connectivity index (χ1n) is 11.7. The molecule has 0 aliphatic carbocycles. The van der Waals surface area contributed by atoms with Crippen LogP contribution in [0.25, 0.3) is 0 Å². The summed E-state index contributed by atoms with van der Waals surface area (Å²) in [6.07, 6.45) is 3.16. The number of amides is 2. The van der Waals surface area contributed by atoms with E-state index >= 15 is 0 Å². The fourth-order valence-corrected chi connectivity index (χ4v) is 5.02. The maximum absolute atomic E-state index is 13.0. The minimum atomic E-state index is -0.138. The van der Waals surface area contributed by atoms with Crippen molar-refractivity contribution < 1.29 is 14.3 Å². The topological polar surface area (TPSA) is 70.9 Å². The number of benzene rings is 2. The van der Waals surface area contributed by atoms with Crippen LogP contribution in [0.5, 0.6) is 11.5 Å². The summed E-state index contributed by atoms with van der Waals surface area (Å²) in [7, 11) is 1.67. The molecule has 8 nitrogen and oxygen atoms in total. The van der Waals surface area contributed by atoms with Crippen LogP contribution in [0, 0.1) is 11.8 Å². The fraction of sp³-hybridized carbons (Fsp3) is 0.346. The molecule has 9 heteroatoms. The molecule has 2 amide bonds. The number of carbonyl (C=O) groups excluding carboxylic acids is 2. The van der Waals surface area contributed by atoms with Crippen molar-refractivity contribution in [2.45, 2.75) is 13.5 Å². The summed E-state index contributed by atoms with van der Waals surface area (Å²) in [4.78, 5) is 30.3. The van der Waals surface area contributed by atoms with Gasteiger partial charge in [-0.1, -0.05) is 23.7 Å². The lowest BCUT2D eigenvalue weighted by Gasteiger charge is -2.21. The number of likely N-dealkylation sites (tertiary alicyclic amines) is 2. The second-order valence-electron chi connectivity index (χ2n) is 9.33. The van der Waals surface area contributed by atoms with E-state index in [9.17, 15) is 9.59 Å². The number of hydrogen-bond acceptors (Lipinski definition) is 5. The van der Waals surface area contributed by atoms with Crippen molar-refractivity contribution in [3.63, 3.8) is 0 Å². The highest BCUT2D eigenvalue weighted by Crippen LogP contribution is 2.33. The predicted molar refractivity (Wildman–Crippen MR) is 134 cm³/mol. The quantitative estimate of drug-likeness (QED) is 0.528. The van der Waals surface area contributed by atoms with Crippen LogP contribution in [-0.4, -0.2) is 64.7 Å². The van der Waals surface area contributed by atoms with Crippen LogP contribution < -0.4 is 9.64 Å². The van der Waals surface area contributed by atoms with Crippen molar-refractivity contribution in [2.24, 2.45) is 11.8 Å². The zero-order valence-corrected chi connectivity index (χ0v) is 20.6. The highest BCUT2D eigenvalue weighted by Gasteiger charge is 2.42. The Kier molecular flexibility index (Phi) is 6.49. The van der Waals surface area contributed by atoms with Gasteiger partial charge in [0.1, 0.15) is 11.5 Å². The molecule has 35 heavy (non-hydrogen) atoms. The largest absolute Gasteiger partial charge is 0.457 e. The Balaban J connectivity index is 1.15. The molecule has 182 valence electrons. The van der Waals surface area contributed by atoms with Crippen LogP contribution in [0.3, 0.4) is 0 Å². The second kappa shape index (κ2) is 9.71. The lowest BCUT2D eigenvalue weighted by atomic mass is 10.0. The molecule has 3 heterocycles. The second-order valence-corrected chi connectivity index (χ2v) is 9.76. The van der Waals surface area contributed by atoms with Gasteiger partial charge >= 0.3 is 6.03 Å². The Morgan fingerprint density at radius 2 is 1.77 bits per heavy atom.